The van der Waals surface area contributed by atoms with Crippen LogP contribution >= 0.6 is 0 Å². The van der Waals surface area contributed by atoms with Gasteiger partial charge < -0.3 is 21.1 Å². The highest BCUT2D eigenvalue weighted by Gasteiger charge is 2.18. The highest BCUT2D eigenvalue weighted by atomic mass is 16.5. The summed E-state index contributed by atoms with van der Waals surface area (Å²) in [5, 5.41) is 5.52. The molecule has 0 aliphatic rings. The van der Waals surface area contributed by atoms with E-state index in [0.717, 1.165) is 5.56 Å². The molecule has 0 spiro atoms. The molecule has 0 unspecified atom stereocenters. The predicted molar refractivity (Wildman–Crippen MR) is 122 cm³/mol. The number of anilines is 1. The number of amides is 3. The van der Waals surface area contributed by atoms with Crippen LogP contribution in [0.25, 0.3) is 0 Å². The number of ether oxygens (including phenoxy) is 1. The van der Waals surface area contributed by atoms with Gasteiger partial charge in [-0.3, -0.25) is 4.79 Å². The van der Waals surface area contributed by atoms with Gasteiger partial charge in [0.15, 0.2) is 0 Å². The number of hydrogen-bond donors (Lipinski definition) is 3. The maximum Gasteiger partial charge on any atom is 0.312 e. The normalized spacial score (nSPS) is 11.6. The Morgan fingerprint density at radius 2 is 1.55 bits per heavy atom. The molecule has 3 rings (SSSR count). The lowest BCUT2D eigenvalue weighted by molar-refractivity contribution is -0.116. The molecule has 0 saturated heterocycles. The molecule has 0 saturated carbocycles. The van der Waals surface area contributed by atoms with Crippen LogP contribution in [0.4, 0.5) is 10.5 Å². The fourth-order valence-electron chi connectivity index (χ4n) is 3.19. The molecule has 3 amide bonds. The number of carbonyl (C=O) groups excluding carboxylic acids is 2. The van der Waals surface area contributed by atoms with E-state index in [1.807, 2.05) is 72.8 Å². The third-order valence-corrected chi connectivity index (χ3v) is 4.81. The Bertz CT molecular complexity index is 1020. The summed E-state index contributed by atoms with van der Waals surface area (Å²) in [5.41, 5.74) is 7.97. The Morgan fingerprint density at radius 1 is 0.871 bits per heavy atom. The van der Waals surface area contributed by atoms with Gasteiger partial charge in [0.2, 0.25) is 5.91 Å². The molecular formula is C25H27N3O3. The predicted octanol–water partition coefficient (Wildman–Crippen LogP) is 5.34. The van der Waals surface area contributed by atoms with Crippen molar-refractivity contribution in [3.8, 4) is 11.5 Å². The molecule has 0 heterocycles. The first-order valence-corrected chi connectivity index (χ1v) is 10.2. The van der Waals surface area contributed by atoms with E-state index in [1.165, 1.54) is 5.56 Å². The summed E-state index contributed by atoms with van der Waals surface area (Å²) >= 11 is 0. The minimum atomic E-state index is -0.700. The lowest BCUT2D eigenvalue weighted by Crippen LogP contribution is -2.35. The van der Waals surface area contributed by atoms with Gasteiger partial charge in [-0.15, -0.1) is 0 Å². The van der Waals surface area contributed by atoms with Crippen molar-refractivity contribution in [2.24, 2.45) is 5.73 Å². The monoisotopic (exact) mass is 417 g/mol. The molecule has 6 heteroatoms. The second kappa shape index (κ2) is 10.3. The molecule has 0 aromatic heterocycles. The summed E-state index contributed by atoms with van der Waals surface area (Å²) in [4.78, 5) is 24.2. The van der Waals surface area contributed by atoms with Crippen LogP contribution in [0.1, 0.15) is 43.4 Å². The number of benzene rings is 3. The molecule has 0 aliphatic heterocycles. The van der Waals surface area contributed by atoms with Gasteiger partial charge in [0.1, 0.15) is 11.5 Å². The Labute approximate surface area is 182 Å². The standard InChI is InChI=1S/C25H27N3O3/c1-17(2)18-11-13-20(14-12-18)27-24(29)16-23(28-25(26)30)19-7-6-10-22(15-19)31-21-8-4-3-5-9-21/h3-15,17,23H,16H2,1-2H3,(H,27,29)(H3,26,28,30)/t23-/m0/s1. The number of nitrogens with one attached hydrogen (secondary N) is 2. The number of primary amides is 1. The van der Waals surface area contributed by atoms with Crippen LogP contribution in [0.2, 0.25) is 0 Å². The van der Waals surface area contributed by atoms with E-state index in [0.29, 0.717) is 23.1 Å². The topological polar surface area (TPSA) is 93.5 Å². The molecule has 0 bridgehead atoms. The lowest BCUT2D eigenvalue weighted by Gasteiger charge is -2.19. The third-order valence-electron chi connectivity index (χ3n) is 4.81. The van der Waals surface area contributed by atoms with E-state index in [1.54, 1.807) is 6.07 Å². The quantitative estimate of drug-likeness (QED) is 0.462. The zero-order chi connectivity index (χ0) is 22.2. The van der Waals surface area contributed by atoms with Gasteiger partial charge in [-0.25, -0.2) is 4.79 Å². The highest BCUT2D eigenvalue weighted by Crippen LogP contribution is 2.26. The number of hydrogen-bond acceptors (Lipinski definition) is 3. The fraction of sp³-hybridized carbons (Fsp3) is 0.200. The Hall–Kier alpha value is -3.80. The van der Waals surface area contributed by atoms with E-state index in [9.17, 15) is 9.59 Å². The van der Waals surface area contributed by atoms with E-state index in [4.69, 9.17) is 10.5 Å². The molecule has 3 aromatic rings. The smallest absolute Gasteiger partial charge is 0.312 e. The Morgan fingerprint density at radius 3 is 2.19 bits per heavy atom. The van der Waals surface area contributed by atoms with E-state index >= 15 is 0 Å². The molecule has 6 nitrogen and oxygen atoms in total. The van der Waals surface area contributed by atoms with Gasteiger partial charge in [-0.1, -0.05) is 56.3 Å². The van der Waals surface area contributed by atoms with Crippen LogP contribution in [0.3, 0.4) is 0 Å². The molecule has 160 valence electrons. The van der Waals surface area contributed by atoms with Crippen molar-refractivity contribution < 1.29 is 14.3 Å². The van der Waals surface area contributed by atoms with Crippen molar-refractivity contribution in [1.29, 1.82) is 0 Å². The van der Waals surface area contributed by atoms with Crippen molar-refractivity contribution in [2.45, 2.75) is 32.2 Å². The van der Waals surface area contributed by atoms with Gasteiger partial charge in [0.25, 0.3) is 0 Å². The highest BCUT2D eigenvalue weighted by molar-refractivity contribution is 5.91. The average Bonchev–Trinajstić information content (AvgIpc) is 2.74. The minimum absolute atomic E-state index is 0.0314. The van der Waals surface area contributed by atoms with Crippen molar-refractivity contribution >= 4 is 17.6 Å². The van der Waals surface area contributed by atoms with Gasteiger partial charge >= 0.3 is 6.03 Å². The lowest BCUT2D eigenvalue weighted by atomic mass is 10.0. The van der Waals surface area contributed by atoms with Crippen LogP contribution < -0.4 is 21.1 Å². The molecule has 0 aliphatic carbocycles. The van der Waals surface area contributed by atoms with Gasteiger partial charge in [0.05, 0.1) is 12.5 Å². The number of nitrogens with two attached hydrogens (primary N) is 1. The van der Waals surface area contributed by atoms with Crippen molar-refractivity contribution in [3.63, 3.8) is 0 Å². The maximum absolute atomic E-state index is 12.6. The molecule has 4 N–H and O–H groups in total. The molecular weight excluding hydrogens is 390 g/mol. The van der Waals surface area contributed by atoms with Gasteiger partial charge in [-0.2, -0.15) is 0 Å². The summed E-state index contributed by atoms with van der Waals surface area (Å²) in [6.07, 6.45) is 0.0314. The van der Waals surface area contributed by atoms with Crippen LogP contribution in [-0.4, -0.2) is 11.9 Å². The number of urea groups is 1. The largest absolute Gasteiger partial charge is 0.457 e. The third kappa shape index (κ3) is 6.60. The zero-order valence-electron chi connectivity index (χ0n) is 17.7. The van der Waals surface area contributed by atoms with E-state index in [-0.39, 0.29) is 12.3 Å². The maximum atomic E-state index is 12.6. The van der Waals surface area contributed by atoms with Crippen molar-refractivity contribution in [1.82, 2.24) is 5.32 Å². The summed E-state index contributed by atoms with van der Waals surface area (Å²) in [6, 6.07) is 23.0. The molecule has 3 aromatic carbocycles. The van der Waals surface area contributed by atoms with E-state index in [2.05, 4.69) is 24.5 Å². The summed E-state index contributed by atoms with van der Waals surface area (Å²) in [7, 11) is 0. The average molecular weight is 418 g/mol. The summed E-state index contributed by atoms with van der Waals surface area (Å²) in [6.45, 7) is 4.23. The first kappa shape index (κ1) is 21.9. The molecule has 0 fully saturated rings. The van der Waals surface area contributed by atoms with Gasteiger partial charge in [0, 0.05) is 5.69 Å². The van der Waals surface area contributed by atoms with E-state index < -0.39 is 12.1 Å². The van der Waals surface area contributed by atoms with Crippen LogP contribution in [0.5, 0.6) is 11.5 Å². The molecule has 31 heavy (non-hydrogen) atoms. The number of rotatable bonds is 8. The summed E-state index contributed by atoms with van der Waals surface area (Å²) in [5.74, 6) is 1.48. The first-order chi connectivity index (χ1) is 14.9. The molecule has 1 atom stereocenters. The number of carbonyl (C=O) groups is 2. The summed E-state index contributed by atoms with van der Waals surface area (Å²) < 4.78 is 5.86. The number of para-hydroxylation sites is 1. The van der Waals surface area contributed by atoms with Crippen molar-refractivity contribution in [3.05, 3.63) is 90.0 Å². The van der Waals surface area contributed by atoms with Crippen molar-refractivity contribution in [2.75, 3.05) is 5.32 Å². The SMILES string of the molecule is CC(C)c1ccc(NC(=O)C[C@H](NC(N)=O)c2cccc(Oc3ccccc3)c2)cc1. The van der Waals surface area contributed by atoms with Crippen LogP contribution in [0, 0.1) is 0 Å². The second-order valence-electron chi connectivity index (χ2n) is 7.58. The van der Waals surface area contributed by atoms with Gasteiger partial charge in [-0.05, 0) is 53.4 Å². The molecule has 0 radical (unpaired) electrons. The zero-order valence-corrected chi connectivity index (χ0v) is 17.7. The van der Waals surface area contributed by atoms with Crippen LogP contribution in [-0.2, 0) is 4.79 Å². The minimum Gasteiger partial charge on any atom is -0.457 e. The Balaban J connectivity index is 1.71. The van der Waals surface area contributed by atoms with Crippen LogP contribution in [0.15, 0.2) is 78.9 Å². The first-order valence-electron chi connectivity index (χ1n) is 10.2. The fourth-order valence-corrected chi connectivity index (χ4v) is 3.19. The Kier molecular flexibility index (Phi) is 7.27. The second-order valence-corrected chi connectivity index (χ2v) is 7.58.